The Bertz CT molecular complexity index is 208. The van der Waals surface area contributed by atoms with E-state index in [4.69, 9.17) is 5.11 Å². The molecule has 0 aromatic rings. The Morgan fingerprint density at radius 1 is 1.45 bits per heavy atom. The fourth-order valence-corrected chi connectivity index (χ4v) is 0.327. The number of hydrogen-bond acceptors (Lipinski definition) is 3. The highest BCUT2D eigenvalue weighted by Gasteiger charge is 1.89. The second kappa shape index (κ2) is 5.30. The summed E-state index contributed by atoms with van der Waals surface area (Å²) in [7, 11) is 0. The average Bonchev–Trinajstić information content (AvgIpc) is 1.85. The molecule has 0 rings (SSSR count). The molecular formula is C7H8O4. The van der Waals surface area contributed by atoms with Gasteiger partial charge in [0.15, 0.2) is 6.61 Å². The predicted octanol–water partition coefficient (Wildman–Crippen LogP) is 0.0276. The maximum Gasteiger partial charge on any atom is 0.315 e. The molecule has 0 saturated carbocycles. The van der Waals surface area contributed by atoms with Crippen molar-refractivity contribution in [3.8, 4) is 11.8 Å². The molecule has 0 spiro atoms. The van der Waals surface area contributed by atoms with Crippen molar-refractivity contribution < 1.29 is 19.4 Å². The zero-order valence-corrected chi connectivity index (χ0v) is 6.09. The van der Waals surface area contributed by atoms with Crippen molar-refractivity contribution in [1.82, 2.24) is 0 Å². The Hall–Kier alpha value is -1.50. The maximum atomic E-state index is 10.1. The minimum absolute atomic E-state index is 0.0391. The summed E-state index contributed by atoms with van der Waals surface area (Å²) in [6, 6.07) is 0. The van der Waals surface area contributed by atoms with Gasteiger partial charge in [0.25, 0.3) is 0 Å². The van der Waals surface area contributed by atoms with Gasteiger partial charge in [0.1, 0.15) is 6.42 Å². The van der Waals surface area contributed by atoms with Crippen LogP contribution >= 0.6 is 0 Å². The van der Waals surface area contributed by atoms with E-state index in [-0.39, 0.29) is 13.0 Å². The molecule has 0 aliphatic rings. The SMILES string of the molecule is CC(=O)OCC#CCC(=O)O. The van der Waals surface area contributed by atoms with Crippen LogP contribution in [0.5, 0.6) is 0 Å². The number of carboxylic acids is 1. The minimum Gasteiger partial charge on any atom is -0.481 e. The number of carboxylic acid groups (broad SMARTS) is 1. The van der Waals surface area contributed by atoms with Crippen molar-refractivity contribution in [3.63, 3.8) is 0 Å². The molecule has 0 unspecified atom stereocenters. The third-order valence-electron chi connectivity index (χ3n) is 0.712. The van der Waals surface area contributed by atoms with E-state index in [1.807, 2.05) is 0 Å². The lowest BCUT2D eigenvalue weighted by Crippen LogP contribution is -1.98. The monoisotopic (exact) mass is 156 g/mol. The van der Waals surface area contributed by atoms with E-state index in [1.165, 1.54) is 6.92 Å². The largest absolute Gasteiger partial charge is 0.481 e. The quantitative estimate of drug-likeness (QED) is 0.452. The summed E-state index contributed by atoms with van der Waals surface area (Å²) < 4.78 is 4.42. The van der Waals surface area contributed by atoms with Crippen LogP contribution in [0.25, 0.3) is 0 Å². The van der Waals surface area contributed by atoms with Gasteiger partial charge in [-0.15, -0.1) is 0 Å². The molecule has 0 heterocycles. The lowest BCUT2D eigenvalue weighted by Gasteiger charge is -1.90. The molecule has 60 valence electrons. The number of rotatable bonds is 2. The third-order valence-corrected chi connectivity index (χ3v) is 0.712. The van der Waals surface area contributed by atoms with Crippen LogP contribution in [0.3, 0.4) is 0 Å². The highest BCUT2D eigenvalue weighted by Crippen LogP contribution is 1.76. The Labute approximate surface area is 64.2 Å². The van der Waals surface area contributed by atoms with Crippen LogP contribution in [0, 0.1) is 11.8 Å². The Morgan fingerprint density at radius 2 is 2.09 bits per heavy atom. The molecule has 0 aliphatic heterocycles. The van der Waals surface area contributed by atoms with Crippen molar-refractivity contribution >= 4 is 11.9 Å². The maximum absolute atomic E-state index is 10.1. The van der Waals surface area contributed by atoms with Crippen LogP contribution in [-0.4, -0.2) is 23.7 Å². The molecule has 0 atom stereocenters. The molecule has 4 nitrogen and oxygen atoms in total. The van der Waals surface area contributed by atoms with Crippen LogP contribution in [0.4, 0.5) is 0 Å². The fraction of sp³-hybridized carbons (Fsp3) is 0.429. The number of esters is 1. The molecule has 11 heavy (non-hydrogen) atoms. The van der Waals surface area contributed by atoms with Crippen molar-refractivity contribution in [2.24, 2.45) is 0 Å². The number of aliphatic carboxylic acids is 1. The summed E-state index contributed by atoms with van der Waals surface area (Å²) in [5.41, 5.74) is 0. The number of hydrogen-bond donors (Lipinski definition) is 1. The molecule has 0 saturated heterocycles. The van der Waals surface area contributed by atoms with Crippen LogP contribution in [0.1, 0.15) is 13.3 Å². The standard InChI is InChI=1S/C7H8O4/c1-6(8)11-5-3-2-4-7(9)10/h4-5H2,1H3,(H,9,10). The first-order valence-electron chi connectivity index (χ1n) is 2.94. The summed E-state index contributed by atoms with van der Waals surface area (Å²) in [5, 5.41) is 8.11. The first-order chi connectivity index (χ1) is 5.13. The van der Waals surface area contributed by atoms with E-state index in [2.05, 4.69) is 16.6 Å². The van der Waals surface area contributed by atoms with E-state index >= 15 is 0 Å². The predicted molar refractivity (Wildman–Crippen MR) is 36.7 cm³/mol. The minimum atomic E-state index is -0.986. The molecule has 0 radical (unpaired) electrons. The van der Waals surface area contributed by atoms with Gasteiger partial charge >= 0.3 is 11.9 Å². The number of ether oxygens (including phenoxy) is 1. The lowest BCUT2D eigenvalue weighted by atomic mass is 10.4. The molecule has 0 bridgehead atoms. The van der Waals surface area contributed by atoms with Gasteiger partial charge < -0.3 is 9.84 Å². The fourth-order valence-electron chi connectivity index (χ4n) is 0.327. The van der Waals surface area contributed by atoms with Gasteiger partial charge in [-0.3, -0.25) is 9.59 Å². The van der Waals surface area contributed by atoms with Crippen LogP contribution in [-0.2, 0) is 14.3 Å². The van der Waals surface area contributed by atoms with Crippen molar-refractivity contribution in [2.45, 2.75) is 13.3 Å². The smallest absolute Gasteiger partial charge is 0.315 e. The topological polar surface area (TPSA) is 63.6 Å². The molecule has 4 heteroatoms. The molecule has 0 aromatic heterocycles. The van der Waals surface area contributed by atoms with Gasteiger partial charge in [-0.05, 0) is 0 Å². The summed E-state index contributed by atoms with van der Waals surface area (Å²) in [6.07, 6.45) is -0.221. The Kier molecular flexibility index (Phi) is 4.58. The molecule has 0 aromatic carbocycles. The molecule has 0 amide bonds. The van der Waals surface area contributed by atoms with Crippen LogP contribution in [0.15, 0.2) is 0 Å². The molecule has 1 N–H and O–H groups in total. The second-order valence-electron chi connectivity index (χ2n) is 1.70. The third kappa shape index (κ3) is 8.50. The number of carbonyl (C=O) groups is 2. The Balaban J connectivity index is 3.41. The second-order valence-corrected chi connectivity index (χ2v) is 1.70. The molecule has 0 aliphatic carbocycles. The van der Waals surface area contributed by atoms with Gasteiger partial charge in [-0.25, -0.2) is 0 Å². The van der Waals surface area contributed by atoms with Gasteiger partial charge in [-0.1, -0.05) is 11.8 Å². The summed E-state index contributed by atoms with van der Waals surface area (Å²) in [4.78, 5) is 20.0. The molecular weight excluding hydrogens is 148 g/mol. The van der Waals surface area contributed by atoms with E-state index in [1.54, 1.807) is 0 Å². The van der Waals surface area contributed by atoms with Gasteiger partial charge in [-0.2, -0.15) is 0 Å². The summed E-state index contributed by atoms with van der Waals surface area (Å²) in [6.45, 7) is 1.22. The summed E-state index contributed by atoms with van der Waals surface area (Å²) >= 11 is 0. The van der Waals surface area contributed by atoms with Crippen molar-refractivity contribution in [2.75, 3.05) is 6.61 Å². The first-order valence-corrected chi connectivity index (χ1v) is 2.94. The average molecular weight is 156 g/mol. The summed E-state index contributed by atoms with van der Waals surface area (Å²) in [5.74, 6) is 3.28. The van der Waals surface area contributed by atoms with E-state index in [0.717, 1.165) is 0 Å². The lowest BCUT2D eigenvalue weighted by molar-refractivity contribution is -0.139. The highest BCUT2D eigenvalue weighted by molar-refractivity contribution is 5.70. The van der Waals surface area contributed by atoms with E-state index < -0.39 is 11.9 Å². The molecule has 0 fully saturated rings. The Morgan fingerprint density at radius 3 is 2.55 bits per heavy atom. The van der Waals surface area contributed by atoms with Crippen LogP contribution in [0.2, 0.25) is 0 Å². The van der Waals surface area contributed by atoms with Gasteiger partial charge in [0.05, 0.1) is 0 Å². The van der Waals surface area contributed by atoms with Gasteiger partial charge in [0.2, 0.25) is 0 Å². The van der Waals surface area contributed by atoms with Crippen molar-refractivity contribution in [3.05, 3.63) is 0 Å². The van der Waals surface area contributed by atoms with E-state index in [9.17, 15) is 9.59 Å². The zero-order chi connectivity index (χ0) is 8.69. The normalized spacial score (nSPS) is 7.73. The first kappa shape index (κ1) is 9.50. The van der Waals surface area contributed by atoms with Crippen LogP contribution < -0.4 is 0 Å². The number of carbonyl (C=O) groups excluding carboxylic acids is 1. The van der Waals surface area contributed by atoms with E-state index in [0.29, 0.717) is 0 Å². The highest BCUT2D eigenvalue weighted by atomic mass is 16.5. The van der Waals surface area contributed by atoms with Crippen molar-refractivity contribution in [1.29, 1.82) is 0 Å². The van der Waals surface area contributed by atoms with Gasteiger partial charge in [0, 0.05) is 6.92 Å². The zero-order valence-electron chi connectivity index (χ0n) is 6.09.